The maximum absolute atomic E-state index is 13.6. The van der Waals surface area contributed by atoms with Crippen LogP contribution in [0.4, 0.5) is 0 Å². The van der Waals surface area contributed by atoms with Gasteiger partial charge in [-0.05, 0) is 60.7 Å². The van der Waals surface area contributed by atoms with Gasteiger partial charge in [-0.2, -0.15) is 0 Å². The van der Waals surface area contributed by atoms with Crippen LogP contribution in [0.25, 0.3) is 16.7 Å². The van der Waals surface area contributed by atoms with E-state index in [1.165, 1.54) is 16.7 Å². The van der Waals surface area contributed by atoms with Crippen molar-refractivity contribution in [3.8, 4) is 11.5 Å². The molecule has 2 aliphatic heterocycles. The number of hydrogen-bond donors (Lipinski definition) is 3. The van der Waals surface area contributed by atoms with Gasteiger partial charge in [0, 0.05) is 67.7 Å². The monoisotopic (exact) mass is 922 g/mol. The number of rotatable bonds is 24. The number of aromatic hydroxyl groups is 1. The standard InChI is InChI=1S/C51H58N2O12S/c1-30(2)27-35(46(56)31(3)4)29-66-41-28-42(55)53(50(41)60)22-20-36(54)11-10-23-62-25-26-63-24-21-52-49(59)34-18-16-33(17-19-34)44(43-32(5)64-39-14-8-6-12-37(39)47(43)57)45-48(58)38-13-7-9-15-40(38)65-51(45)61/h6-9,12-19,30-31,35,41,44,57-58H,5,10-11,20-29H2,1-4H3,(H,52,59)/t35-,41?,44?/m0/s1. The van der Waals surface area contributed by atoms with Gasteiger partial charge in [0.05, 0.1) is 47.5 Å². The van der Waals surface area contributed by atoms with E-state index in [1.54, 1.807) is 72.8 Å². The van der Waals surface area contributed by atoms with E-state index in [9.17, 15) is 39.0 Å². The molecule has 1 aromatic heterocycles. The van der Waals surface area contributed by atoms with Gasteiger partial charge in [0.2, 0.25) is 11.8 Å². The van der Waals surface area contributed by atoms with Crippen LogP contribution in [-0.4, -0.2) is 94.9 Å². The first-order chi connectivity index (χ1) is 31.7. The number of allylic oxidation sites excluding steroid dienone is 1. The van der Waals surface area contributed by atoms with Crippen LogP contribution in [-0.2, 0) is 28.7 Å². The lowest BCUT2D eigenvalue weighted by molar-refractivity contribution is -0.138. The van der Waals surface area contributed by atoms with Crippen LogP contribution < -0.4 is 15.7 Å². The summed E-state index contributed by atoms with van der Waals surface area (Å²) in [6.07, 6.45) is 1.62. The predicted molar refractivity (Wildman–Crippen MR) is 251 cm³/mol. The minimum atomic E-state index is -1.10. The zero-order valence-corrected chi connectivity index (χ0v) is 38.7. The number of Topliss-reactive ketones (excluding diaryl/α,β-unsaturated/α-hetero) is 2. The first kappa shape index (κ1) is 49.4. The molecule has 3 amide bonds. The number of aliphatic hydroxyl groups excluding tert-OH is 1. The molecule has 6 rings (SSSR count). The number of carbonyl (C=O) groups excluding carboxylic acids is 5. The van der Waals surface area contributed by atoms with Crippen LogP contribution in [0.15, 0.2) is 99.9 Å². The van der Waals surface area contributed by atoms with E-state index >= 15 is 0 Å². The zero-order chi connectivity index (χ0) is 47.5. The molecule has 2 unspecified atom stereocenters. The quantitative estimate of drug-likeness (QED) is 0.0351. The summed E-state index contributed by atoms with van der Waals surface area (Å²) in [6, 6.07) is 19.8. The average Bonchev–Trinajstić information content (AvgIpc) is 3.56. The smallest absolute Gasteiger partial charge is 0.344 e. The number of ketones is 2. The molecule has 3 aromatic carbocycles. The Labute approximate surface area is 388 Å². The number of likely N-dealkylation sites (tertiary alicyclic amines) is 1. The number of thioether (sulfide) groups is 1. The number of aliphatic hydroxyl groups is 1. The third-order valence-corrected chi connectivity index (χ3v) is 12.9. The Morgan fingerprint density at radius 1 is 0.894 bits per heavy atom. The molecule has 0 aliphatic carbocycles. The lowest BCUT2D eigenvalue weighted by Crippen LogP contribution is -2.33. The Bertz CT molecular complexity index is 2530. The second-order valence-corrected chi connectivity index (χ2v) is 18.4. The van der Waals surface area contributed by atoms with E-state index < -0.39 is 16.8 Å². The van der Waals surface area contributed by atoms with Gasteiger partial charge >= 0.3 is 5.63 Å². The van der Waals surface area contributed by atoms with Crippen LogP contribution in [0.2, 0.25) is 0 Å². The van der Waals surface area contributed by atoms with E-state index in [-0.39, 0.29) is 127 Å². The van der Waals surface area contributed by atoms with Crippen molar-refractivity contribution in [2.24, 2.45) is 17.8 Å². The van der Waals surface area contributed by atoms with Crippen molar-refractivity contribution in [1.29, 1.82) is 0 Å². The number of imide groups is 1. The Kier molecular flexibility index (Phi) is 17.2. The summed E-state index contributed by atoms with van der Waals surface area (Å²) < 4.78 is 22.8. The van der Waals surface area contributed by atoms with Crippen molar-refractivity contribution in [1.82, 2.24) is 10.2 Å². The largest absolute Gasteiger partial charge is 0.507 e. The van der Waals surface area contributed by atoms with Gasteiger partial charge < -0.3 is 34.2 Å². The van der Waals surface area contributed by atoms with Crippen LogP contribution >= 0.6 is 11.8 Å². The number of ether oxygens (including phenoxy) is 3. The highest BCUT2D eigenvalue weighted by atomic mass is 32.2. The van der Waals surface area contributed by atoms with Gasteiger partial charge in [0.1, 0.15) is 40.2 Å². The molecule has 2 aliphatic rings. The Morgan fingerprint density at radius 2 is 1.59 bits per heavy atom. The predicted octanol–water partition coefficient (Wildman–Crippen LogP) is 7.76. The van der Waals surface area contributed by atoms with Crippen molar-refractivity contribution in [2.45, 2.75) is 71.0 Å². The minimum absolute atomic E-state index is 0.0502. The van der Waals surface area contributed by atoms with E-state index in [0.717, 1.165) is 6.42 Å². The molecular weight excluding hydrogens is 865 g/mol. The Morgan fingerprint density at radius 3 is 2.32 bits per heavy atom. The van der Waals surface area contributed by atoms with E-state index in [0.29, 0.717) is 52.5 Å². The van der Waals surface area contributed by atoms with Crippen molar-refractivity contribution in [2.75, 3.05) is 45.3 Å². The zero-order valence-electron chi connectivity index (χ0n) is 37.8. The second kappa shape index (κ2) is 22.9. The van der Waals surface area contributed by atoms with E-state index in [4.69, 9.17) is 18.6 Å². The molecule has 0 spiro atoms. The van der Waals surface area contributed by atoms with Crippen molar-refractivity contribution in [3.63, 3.8) is 0 Å². The fraction of sp³-hybridized carbons (Fsp3) is 0.412. The number of fused-ring (bicyclic) bond motifs is 2. The van der Waals surface area contributed by atoms with Gasteiger partial charge in [-0.3, -0.25) is 28.9 Å². The highest BCUT2D eigenvalue weighted by molar-refractivity contribution is 8.00. The van der Waals surface area contributed by atoms with Gasteiger partial charge in [0.15, 0.2) is 0 Å². The third-order valence-electron chi connectivity index (χ3n) is 11.5. The number of para-hydroxylation sites is 2. The second-order valence-electron chi connectivity index (χ2n) is 17.2. The lowest BCUT2D eigenvalue weighted by atomic mass is 9.81. The maximum Gasteiger partial charge on any atom is 0.344 e. The number of amides is 3. The number of benzene rings is 3. The van der Waals surface area contributed by atoms with Gasteiger partial charge in [0.25, 0.3) is 5.91 Å². The Hall–Kier alpha value is -6.03. The average molecular weight is 923 g/mol. The fourth-order valence-corrected chi connectivity index (χ4v) is 9.47. The summed E-state index contributed by atoms with van der Waals surface area (Å²) in [7, 11) is 0. The highest BCUT2D eigenvalue weighted by Crippen LogP contribution is 2.47. The SMILES string of the molecule is C=C1Oc2ccccc2C(O)=C1C(c1ccc(C(=O)NCCOCCOCCCC(=O)CCN2C(=O)CC(SC[C@H](CC(C)C)C(=O)C(C)C)C2=O)cc1)c1c(O)c2ccccc2oc1=O. The molecule has 66 heavy (non-hydrogen) atoms. The summed E-state index contributed by atoms with van der Waals surface area (Å²) in [6.45, 7) is 13.3. The maximum atomic E-state index is 13.6. The molecule has 350 valence electrons. The molecular formula is C51H58N2O12S. The molecule has 1 saturated heterocycles. The fourth-order valence-electron chi connectivity index (χ4n) is 8.17. The van der Waals surface area contributed by atoms with E-state index in [1.807, 2.05) is 13.8 Å². The summed E-state index contributed by atoms with van der Waals surface area (Å²) in [5, 5.41) is 25.7. The van der Waals surface area contributed by atoms with Crippen LogP contribution in [0.3, 0.4) is 0 Å². The topological polar surface area (TPSA) is 199 Å². The minimum Gasteiger partial charge on any atom is -0.507 e. The number of nitrogens with one attached hydrogen (secondary N) is 1. The molecule has 14 nitrogen and oxygen atoms in total. The molecule has 3 atom stereocenters. The van der Waals surface area contributed by atoms with Crippen molar-refractivity contribution >= 4 is 57.8 Å². The summed E-state index contributed by atoms with van der Waals surface area (Å²) >= 11 is 1.37. The molecule has 0 bridgehead atoms. The van der Waals surface area contributed by atoms with Gasteiger partial charge in [-0.25, -0.2) is 4.79 Å². The molecule has 1 fully saturated rings. The molecule has 15 heteroatoms. The Balaban J connectivity index is 0.916. The third kappa shape index (κ3) is 12.0. The van der Waals surface area contributed by atoms with Crippen LogP contribution in [0.5, 0.6) is 11.5 Å². The first-order valence-corrected chi connectivity index (χ1v) is 23.4. The molecule has 3 heterocycles. The molecule has 0 radical (unpaired) electrons. The first-order valence-electron chi connectivity index (χ1n) is 22.3. The number of nitrogens with zero attached hydrogens (tertiary/aromatic N) is 1. The van der Waals surface area contributed by atoms with E-state index in [2.05, 4.69) is 25.7 Å². The molecule has 4 aromatic rings. The molecule has 0 saturated carbocycles. The van der Waals surface area contributed by atoms with Gasteiger partial charge in [-0.1, -0.05) is 70.7 Å². The van der Waals surface area contributed by atoms with Crippen molar-refractivity contribution < 1.29 is 52.8 Å². The number of carbonyl (C=O) groups is 5. The highest BCUT2D eigenvalue weighted by Gasteiger charge is 2.40. The normalized spacial score (nSPS) is 15.9. The van der Waals surface area contributed by atoms with Crippen LogP contribution in [0, 0.1) is 17.8 Å². The van der Waals surface area contributed by atoms with Crippen LogP contribution in [0.1, 0.15) is 92.8 Å². The van der Waals surface area contributed by atoms with Crippen molar-refractivity contribution in [3.05, 3.63) is 123 Å². The summed E-state index contributed by atoms with van der Waals surface area (Å²) in [4.78, 5) is 78.7. The number of hydrogen-bond acceptors (Lipinski definition) is 13. The summed E-state index contributed by atoms with van der Waals surface area (Å²) in [5.74, 6) is -1.42. The summed E-state index contributed by atoms with van der Waals surface area (Å²) in [5.41, 5.74) is 0.531. The lowest BCUT2D eigenvalue weighted by Gasteiger charge is -2.28. The van der Waals surface area contributed by atoms with Gasteiger partial charge in [-0.15, -0.1) is 11.8 Å². The molecule has 3 N–H and O–H groups in total.